The summed E-state index contributed by atoms with van der Waals surface area (Å²) in [6.07, 6.45) is 2.68. The van der Waals surface area contributed by atoms with Crippen molar-refractivity contribution in [3.05, 3.63) is 29.3 Å². The Bertz CT molecular complexity index is 512. The van der Waals surface area contributed by atoms with Crippen LogP contribution in [-0.4, -0.2) is 58.6 Å². The Morgan fingerprint density at radius 3 is 2.50 bits per heavy atom. The van der Waals surface area contributed by atoms with Gasteiger partial charge in [-0.2, -0.15) is 11.8 Å². The van der Waals surface area contributed by atoms with E-state index in [-0.39, 0.29) is 0 Å². The first-order valence-corrected chi connectivity index (χ1v) is 9.80. The van der Waals surface area contributed by atoms with Gasteiger partial charge in [-0.05, 0) is 48.7 Å². The zero-order valence-corrected chi connectivity index (χ0v) is 15.0. The maximum absolute atomic E-state index is 6.18. The fourth-order valence-corrected chi connectivity index (χ4v) is 4.65. The number of rotatable bonds is 2. The Labute approximate surface area is 147 Å². The van der Waals surface area contributed by atoms with Gasteiger partial charge < -0.3 is 10.2 Å². The summed E-state index contributed by atoms with van der Waals surface area (Å²) in [5.74, 6) is 2.63. The highest BCUT2D eigenvalue weighted by atomic mass is 35.5. The molecule has 0 amide bonds. The number of hydrogen-bond acceptors (Lipinski definition) is 3. The van der Waals surface area contributed by atoms with Crippen molar-refractivity contribution in [2.24, 2.45) is 0 Å². The van der Waals surface area contributed by atoms with Gasteiger partial charge in [0.15, 0.2) is 5.11 Å². The molecule has 1 N–H and O–H groups in total. The molecule has 3 rings (SSSR count). The standard InChI is InChI=1S/C16H22ClN3S2/c17-14-3-1-2-4-15(14)18-16(21)20-9-7-19(8-10-20)13-5-11-22-12-6-13/h1-4,13H,5-12H2,(H,18,21). The minimum Gasteiger partial charge on any atom is -0.346 e. The summed E-state index contributed by atoms with van der Waals surface area (Å²) in [4.78, 5) is 4.90. The molecule has 1 aromatic rings. The first-order chi connectivity index (χ1) is 10.7. The maximum Gasteiger partial charge on any atom is 0.173 e. The molecule has 2 aliphatic rings. The van der Waals surface area contributed by atoms with Crippen molar-refractivity contribution in [1.29, 1.82) is 0 Å². The number of para-hydroxylation sites is 1. The molecule has 1 aromatic carbocycles. The minimum atomic E-state index is 0.711. The van der Waals surface area contributed by atoms with Crippen LogP contribution in [0.25, 0.3) is 0 Å². The van der Waals surface area contributed by atoms with Gasteiger partial charge in [0, 0.05) is 32.2 Å². The van der Waals surface area contributed by atoms with Crippen molar-refractivity contribution in [3.8, 4) is 0 Å². The molecule has 0 radical (unpaired) electrons. The second-order valence-electron chi connectivity index (χ2n) is 5.78. The molecule has 0 bridgehead atoms. The second-order valence-corrected chi connectivity index (χ2v) is 7.80. The summed E-state index contributed by atoms with van der Waals surface area (Å²) in [6.45, 7) is 4.22. The Morgan fingerprint density at radius 2 is 1.82 bits per heavy atom. The smallest absolute Gasteiger partial charge is 0.173 e. The van der Waals surface area contributed by atoms with E-state index in [1.807, 2.05) is 24.3 Å². The summed E-state index contributed by atoms with van der Waals surface area (Å²) in [5, 5.41) is 4.77. The van der Waals surface area contributed by atoms with E-state index in [0.717, 1.165) is 43.0 Å². The zero-order chi connectivity index (χ0) is 15.4. The van der Waals surface area contributed by atoms with E-state index in [1.54, 1.807) is 0 Å². The molecule has 0 atom stereocenters. The lowest BCUT2D eigenvalue weighted by Crippen LogP contribution is -2.53. The Hall–Kier alpha value is -0.490. The first kappa shape index (κ1) is 16.4. The van der Waals surface area contributed by atoms with Gasteiger partial charge in [0.25, 0.3) is 0 Å². The minimum absolute atomic E-state index is 0.711. The number of hydrogen-bond donors (Lipinski definition) is 1. The fourth-order valence-electron chi connectivity index (χ4n) is 3.10. The number of piperazine rings is 1. The largest absolute Gasteiger partial charge is 0.346 e. The quantitative estimate of drug-likeness (QED) is 0.815. The van der Waals surface area contributed by atoms with Crippen LogP contribution in [0, 0.1) is 0 Å². The van der Waals surface area contributed by atoms with Gasteiger partial charge in [-0.15, -0.1) is 0 Å². The van der Waals surface area contributed by atoms with Crippen molar-refractivity contribution < 1.29 is 0 Å². The third-order valence-electron chi connectivity index (χ3n) is 4.42. The van der Waals surface area contributed by atoms with Gasteiger partial charge in [0.05, 0.1) is 10.7 Å². The molecule has 0 unspecified atom stereocenters. The van der Waals surface area contributed by atoms with E-state index in [1.165, 1.54) is 24.3 Å². The summed E-state index contributed by atoms with van der Waals surface area (Å²) >= 11 is 13.8. The first-order valence-electron chi connectivity index (χ1n) is 7.86. The average Bonchev–Trinajstić information content (AvgIpc) is 2.58. The van der Waals surface area contributed by atoms with E-state index in [4.69, 9.17) is 23.8 Å². The summed E-state index contributed by atoms with van der Waals surface area (Å²) in [5.41, 5.74) is 0.890. The third kappa shape index (κ3) is 4.07. The highest BCUT2D eigenvalue weighted by Crippen LogP contribution is 2.24. The van der Waals surface area contributed by atoms with Gasteiger partial charge in [0.2, 0.25) is 0 Å². The van der Waals surface area contributed by atoms with Crippen molar-refractivity contribution >= 4 is 46.4 Å². The van der Waals surface area contributed by atoms with Crippen LogP contribution < -0.4 is 5.32 Å². The van der Waals surface area contributed by atoms with Crippen LogP contribution in [0.2, 0.25) is 5.02 Å². The summed E-state index contributed by atoms with van der Waals surface area (Å²) < 4.78 is 0. The molecule has 0 saturated carbocycles. The lowest BCUT2D eigenvalue weighted by atomic mass is 10.1. The Morgan fingerprint density at radius 1 is 1.14 bits per heavy atom. The summed E-state index contributed by atoms with van der Waals surface area (Å²) in [7, 11) is 0. The predicted molar refractivity (Wildman–Crippen MR) is 101 cm³/mol. The van der Waals surface area contributed by atoms with E-state index in [2.05, 4.69) is 26.9 Å². The van der Waals surface area contributed by atoms with Gasteiger partial charge >= 0.3 is 0 Å². The van der Waals surface area contributed by atoms with E-state index in [9.17, 15) is 0 Å². The van der Waals surface area contributed by atoms with Crippen LogP contribution in [0.5, 0.6) is 0 Å². The van der Waals surface area contributed by atoms with Gasteiger partial charge in [-0.1, -0.05) is 23.7 Å². The molecule has 2 aliphatic heterocycles. The predicted octanol–water partition coefficient (Wildman–Crippen LogP) is 3.55. The highest BCUT2D eigenvalue weighted by molar-refractivity contribution is 7.99. The molecule has 2 saturated heterocycles. The normalized spacial score (nSPS) is 20.9. The SMILES string of the molecule is S=C(Nc1ccccc1Cl)N1CCN(C2CCSCC2)CC1. The van der Waals surface area contributed by atoms with Crippen molar-refractivity contribution in [1.82, 2.24) is 9.80 Å². The number of anilines is 1. The van der Waals surface area contributed by atoms with Crippen LogP contribution in [0.4, 0.5) is 5.69 Å². The van der Waals surface area contributed by atoms with Gasteiger partial charge in [-0.3, -0.25) is 4.90 Å². The maximum atomic E-state index is 6.18. The molecule has 2 fully saturated rings. The van der Waals surface area contributed by atoms with Crippen molar-refractivity contribution in [2.45, 2.75) is 18.9 Å². The van der Waals surface area contributed by atoms with Crippen molar-refractivity contribution in [3.63, 3.8) is 0 Å². The average molecular weight is 356 g/mol. The lowest BCUT2D eigenvalue weighted by molar-refractivity contribution is 0.126. The molecule has 0 aromatic heterocycles. The molecule has 2 heterocycles. The second kappa shape index (κ2) is 7.86. The molecule has 120 valence electrons. The van der Waals surface area contributed by atoms with Crippen LogP contribution >= 0.6 is 35.6 Å². The Kier molecular flexibility index (Phi) is 5.85. The Balaban J connectivity index is 1.50. The highest BCUT2D eigenvalue weighted by Gasteiger charge is 2.26. The van der Waals surface area contributed by atoms with Crippen LogP contribution in [-0.2, 0) is 0 Å². The van der Waals surface area contributed by atoms with E-state index < -0.39 is 0 Å². The van der Waals surface area contributed by atoms with Crippen LogP contribution in [0.3, 0.4) is 0 Å². The fraction of sp³-hybridized carbons (Fsp3) is 0.562. The number of nitrogens with zero attached hydrogens (tertiary/aromatic N) is 2. The molecule has 0 aliphatic carbocycles. The number of thiocarbonyl (C=S) groups is 1. The zero-order valence-electron chi connectivity index (χ0n) is 12.6. The van der Waals surface area contributed by atoms with E-state index in [0.29, 0.717) is 5.02 Å². The van der Waals surface area contributed by atoms with Crippen LogP contribution in [0.1, 0.15) is 12.8 Å². The number of benzene rings is 1. The number of nitrogens with one attached hydrogen (secondary N) is 1. The molecule has 22 heavy (non-hydrogen) atoms. The van der Waals surface area contributed by atoms with Crippen molar-refractivity contribution in [2.75, 3.05) is 43.0 Å². The lowest BCUT2D eigenvalue weighted by Gasteiger charge is -2.41. The molecule has 6 heteroatoms. The molecule has 0 spiro atoms. The van der Waals surface area contributed by atoms with Crippen LogP contribution in [0.15, 0.2) is 24.3 Å². The number of halogens is 1. The topological polar surface area (TPSA) is 18.5 Å². The van der Waals surface area contributed by atoms with Gasteiger partial charge in [-0.25, -0.2) is 0 Å². The molecular formula is C16H22ClN3S2. The molecule has 3 nitrogen and oxygen atoms in total. The monoisotopic (exact) mass is 355 g/mol. The van der Waals surface area contributed by atoms with Gasteiger partial charge in [0.1, 0.15) is 0 Å². The third-order valence-corrected chi connectivity index (χ3v) is 6.16. The van der Waals surface area contributed by atoms with E-state index >= 15 is 0 Å². The summed E-state index contributed by atoms with van der Waals surface area (Å²) in [6, 6.07) is 8.53. The molecular weight excluding hydrogens is 334 g/mol. The number of thioether (sulfide) groups is 1.